The number of benzene rings is 1. The van der Waals surface area contributed by atoms with Crippen molar-refractivity contribution < 1.29 is 14.7 Å². The number of carbonyl (C=O) groups excluding carboxylic acids is 1. The molecule has 3 fully saturated rings. The maximum absolute atomic E-state index is 11.4. The first-order valence-electron chi connectivity index (χ1n) is 10.9. The zero-order valence-corrected chi connectivity index (χ0v) is 17.5. The molecule has 2 saturated carbocycles. The number of nitrogens with zero attached hydrogens (tertiary/aromatic N) is 1. The van der Waals surface area contributed by atoms with Crippen LogP contribution in [-0.4, -0.2) is 47.4 Å². The van der Waals surface area contributed by atoms with Crippen LogP contribution >= 0.6 is 0 Å². The van der Waals surface area contributed by atoms with Crippen LogP contribution in [0.2, 0.25) is 0 Å². The quantitative estimate of drug-likeness (QED) is 0.638. The van der Waals surface area contributed by atoms with E-state index < -0.39 is 11.8 Å². The lowest BCUT2D eigenvalue weighted by atomic mass is 9.64. The largest absolute Gasteiger partial charge is 0.476 e. The van der Waals surface area contributed by atoms with E-state index in [0.29, 0.717) is 12.0 Å². The summed E-state index contributed by atoms with van der Waals surface area (Å²) in [6.07, 6.45) is 7.77. The third-order valence-corrected chi connectivity index (χ3v) is 7.89. The topological polar surface area (TPSA) is 81.7 Å². The molecule has 0 bridgehead atoms. The average molecular weight is 400 g/mol. The molecule has 3 aliphatic rings. The molecule has 4 rings (SSSR count). The summed E-state index contributed by atoms with van der Waals surface area (Å²) in [6, 6.07) is 11.3. The van der Waals surface area contributed by atoms with Crippen LogP contribution in [0.1, 0.15) is 56.9 Å². The summed E-state index contributed by atoms with van der Waals surface area (Å²) in [5.41, 5.74) is 8.86. The minimum atomic E-state index is -1.29. The van der Waals surface area contributed by atoms with Crippen molar-refractivity contribution in [1.29, 1.82) is 0 Å². The Kier molecular flexibility index (Phi) is 5.53. The van der Waals surface area contributed by atoms with Crippen LogP contribution < -0.4 is 10.9 Å². The zero-order valence-electron chi connectivity index (χ0n) is 17.5. The van der Waals surface area contributed by atoms with Gasteiger partial charge in [-0.1, -0.05) is 30.3 Å². The zero-order chi connectivity index (χ0) is 20.6. The van der Waals surface area contributed by atoms with Crippen molar-refractivity contribution >= 4 is 11.8 Å². The van der Waals surface area contributed by atoms with Crippen molar-refractivity contribution in [3.8, 4) is 0 Å². The fourth-order valence-corrected chi connectivity index (χ4v) is 5.90. The van der Waals surface area contributed by atoms with E-state index in [2.05, 4.69) is 60.2 Å². The van der Waals surface area contributed by atoms with Crippen LogP contribution in [0.5, 0.6) is 0 Å². The van der Waals surface area contributed by atoms with Crippen LogP contribution in [0.4, 0.5) is 0 Å². The Morgan fingerprint density at radius 1 is 1.10 bits per heavy atom. The van der Waals surface area contributed by atoms with E-state index in [4.69, 9.17) is 5.11 Å². The van der Waals surface area contributed by atoms with E-state index in [-0.39, 0.29) is 23.4 Å². The van der Waals surface area contributed by atoms with Crippen molar-refractivity contribution in [3.63, 3.8) is 0 Å². The summed E-state index contributed by atoms with van der Waals surface area (Å²) in [5.74, 6) is -1.15. The van der Waals surface area contributed by atoms with Gasteiger partial charge in [-0.3, -0.25) is 20.5 Å². The number of hydrogen-bond acceptors (Lipinski definition) is 5. The minimum Gasteiger partial charge on any atom is -0.476 e. The van der Waals surface area contributed by atoms with Crippen LogP contribution in [0.3, 0.4) is 0 Å². The number of aliphatic carboxylic acids is 1. The van der Waals surface area contributed by atoms with Crippen molar-refractivity contribution in [2.24, 2.45) is 11.8 Å². The number of ketones is 1. The first-order valence-corrected chi connectivity index (χ1v) is 10.9. The summed E-state index contributed by atoms with van der Waals surface area (Å²) >= 11 is 0. The monoisotopic (exact) mass is 399 g/mol. The van der Waals surface area contributed by atoms with Gasteiger partial charge in [-0.2, -0.15) is 0 Å². The first kappa shape index (κ1) is 20.5. The second kappa shape index (κ2) is 7.82. The molecule has 1 heterocycles. The van der Waals surface area contributed by atoms with E-state index in [0.717, 1.165) is 44.9 Å². The second-order valence-corrected chi connectivity index (χ2v) is 9.68. The maximum atomic E-state index is 11.4. The minimum absolute atomic E-state index is 0.102. The molecule has 3 N–H and O–H groups in total. The summed E-state index contributed by atoms with van der Waals surface area (Å²) < 4.78 is 0. The third kappa shape index (κ3) is 3.86. The smallest absolute Gasteiger partial charge is 0.372 e. The van der Waals surface area contributed by atoms with Gasteiger partial charge in [0.15, 0.2) is 0 Å². The molecule has 29 heavy (non-hydrogen) atoms. The van der Waals surface area contributed by atoms with Gasteiger partial charge in [0.05, 0.1) is 0 Å². The number of carbonyl (C=O) groups is 2. The Morgan fingerprint density at radius 2 is 1.76 bits per heavy atom. The van der Waals surface area contributed by atoms with Gasteiger partial charge in [-0.25, -0.2) is 4.79 Å². The molecule has 1 aromatic rings. The highest BCUT2D eigenvalue weighted by Crippen LogP contribution is 2.49. The normalized spacial score (nSPS) is 36.9. The fraction of sp³-hybridized carbons (Fsp3) is 0.652. The Hall–Kier alpha value is -1.76. The molecule has 1 unspecified atom stereocenters. The number of nitrogens with one attached hydrogen (secondary N) is 2. The molecule has 1 atom stereocenters. The number of hydrogen-bond donors (Lipinski definition) is 3. The molecule has 2 aliphatic carbocycles. The molecule has 1 aliphatic heterocycles. The predicted molar refractivity (Wildman–Crippen MR) is 111 cm³/mol. The van der Waals surface area contributed by atoms with Gasteiger partial charge in [-0.15, -0.1) is 0 Å². The second-order valence-electron chi connectivity index (χ2n) is 9.68. The number of carboxylic acids is 1. The molecule has 158 valence electrons. The van der Waals surface area contributed by atoms with Gasteiger partial charge in [0.1, 0.15) is 0 Å². The van der Waals surface area contributed by atoms with Crippen molar-refractivity contribution in [2.45, 2.75) is 68.5 Å². The Bertz CT molecular complexity index is 750. The van der Waals surface area contributed by atoms with Crippen molar-refractivity contribution in [2.75, 3.05) is 14.1 Å². The van der Waals surface area contributed by atoms with Gasteiger partial charge < -0.3 is 5.11 Å². The highest BCUT2D eigenvalue weighted by molar-refractivity contribution is 6.32. The Balaban J connectivity index is 1.33. The van der Waals surface area contributed by atoms with Gasteiger partial charge in [-0.05, 0) is 76.4 Å². The maximum Gasteiger partial charge on any atom is 0.372 e. The number of hydrazine groups is 1. The molecule has 6 heteroatoms. The van der Waals surface area contributed by atoms with E-state index in [1.165, 1.54) is 5.56 Å². The number of carboxylic acid groups (broad SMARTS) is 1. The van der Waals surface area contributed by atoms with Gasteiger partial charge in [0.25, 0.3) is 0 Å². The number of rotatable bonds is 6. The first-order chi connectivity index (χ1) is 13.8. The van der Waals surface area contributed by atoms with E-state index in [1.807, 2.05) is 0 Å². The van der Waals surface area contributed by atoms with E-state index in [1.54, 1.807) is 0 Å². The standard InChI is InChI=1S/C23H33N3O3/c1-26(2)23(18-6-4-3-5-7-18)10-8-22(9-11-23)15-19(24-25-22)17-12-16(13-17)14-20(27)21(28)29/h3-7,16-17,19,24-25H,8-15H2,1-2H3,(H,28,29)/t16-,17+,19?,22?,23?. The fourth-order valence-electron chi connectivity index (χ4n) is 5.90. The predicted octanol–water partition coefficient (Wildman–Crippen LogP) is 2.69. The van der Waals surface area contributed by atoms with E-state index in [9.17, 15) is 9.59 Å². The van der Waals surface area contributed by atoms with Crippen LogP contribution in [0.25, 0.3) is 0 Å². The summed E-state index contributed by atoms with van der Waals surface area (Å²) in [5, 5.41) is 8.78. The molecule has 0 amide bonds. The van der Waals surface area contributed by atoms with E-state index >= 15 is 0 Å². The molecular formula is C23H33N3O3. The highest BCUT2D eigenvalue weighted by atomic mass is 16.4. The SMILES string of the molecule is CN(C)C1(c2ccccc2)CCC2(CC1)CC([C@H]1C[C@@H](CC(=O)C(=O)O)C1)NN2. The molecule has 1 saturated heterocycles. The third-order valence-electron chi connectivity index (χ3n) is 7.89. The molecule has 6 nitrogen and oxygen atoms in total. The summed E-state index contributed by atoms with van der Waals surface area (Å²) in [4.78, 5) is 24.6. The van der Waals surface area contributed by atoms with Gasteiger partial charge in [0, 0.05) is 23.5 Å². The van der Waals surface area contributed by atoms with Crippen LogP contribution in [0, 0.1) is 11.8 Å². The number of Topliss-reactive ketones (excluding diaryl/α,β-unsaturated/α-hetero) is 1. The van der Waals surface area contributed by atoms with Crippen LogP contribution in [0.15, 0.2) is 30.3 Å². The lowest BCUT2D eigenvalue weighted by Gasteiger charge is -2.49. The Labute approximate surface area is 173 Å². The lowest BCUT2D eigenvalue weighted by Crippen LogP contribution is -2.53. The molecule has 0 radical (unpaired) electrons. The average Bonchev–Trinajstić information content (AvgIpc) is 3.08. The molecule has 1 spiro atoms. The van der Waals surface area contributed by atoms with Crippen molar-refractivity contribution in [3.05, 3.63) is 35.9 Å². The van der Waals surface area contributed by atoms with Gasteiger partial charge in [0.2, 0.25) is 5.78 Å². The highest BCUT2D eigenvalue weighted by Gasteiger charge is 2.50. The summed E-state index contributed by atoms with van der Waals surface area (Å²) in [7, 11) is 4.39. The Morgan fingerprint density at radius 3 is 2.34 bits per heavy atom. The van der Waals surface area contributed by atoms with Gasteiger partial charge >= 0.3 is 5.97 Å². The lowest BCUT2D eigenvalue weighted by molar-refractivity contribution is -0.150. The van der Waals surface area contributed by atoms with Crippen LogP contribution in [-0.2, 0) is 15.1 Å². The molecule has 0 aromatic heterocycles. The summed E-state index contributed by atoms with van der Waals surface area (Å²) in [6.45, 7) is 0. The van der Waals surface area contributed by atoms with Crippen molar-refractivity contribution in [1.82, 2.24) is 15.8 Å². The molecule has 1 aromatic carbocycles. The molecular weight excluding hydrogens is 366 g/mol.